The molecule has 5 amide bonds. The summed E-state index contributed by atoms with van der Waals surface area (Å²) in [5.41, 5.74) is 4.49. The molecule has 12 heteroatoms. The lowest BCUT2D eigenvalue weighted by molar-refractivity contribution is -0.143. The highest BCUT2D eigenvalue weighted by molar-refractivity contribution is 6.37. The van der Waals surface area contributed by atoms with Gasteiger partial charge in [-0.1, -0.05) is 61.3 Å². The van der Waals surface area contributed by atoms with Crippen LogP contribution in [0.15, 0.2) is 22.8 Å². The number of likely N-dealkylation sites (tertiary alicyclic amines) is 1. The second-order valence-electron chi connectivity index (χ2n) is 13.7. The zero-order valence-corrected chi connectivity index (χ0v) is 26.3. The summed E-state index contributed by atoms with van der Waals surface area (Å²) in [6.45, 7) is 13.3. The molecule has 5 atom stereocenters. The van der Waals surface area contributed by atoms with E-state index in [1.54, 1.807) is 40.7 Å². The zero-order valence-electron chi connectivity index (χ0n) is 26.3. The minimum absolute atomic E-state index is 0.000826. The summed E-state index contributed by atoms with van der Waals surface area (Å²) in [5, 5.41) is 8.17. The Labute approximate surface area is 253 Å². The Kier molecular flexibility index (Phi) is 10.8. The summed E-state index contributed by atoms with van der Waals surface area (Å²) in [5.74, 6) is -3.10. The Morgan fingerprint density at radius 2 is 1.67 bits per heavy atom. The molecule has 2 heterocycles. The third-order valence-electron chi connectivity index (χ3n) is 8.39. The number of urea groups is 1. The van der Waals surface area contributed by atoms with Gasteiger partial charge in [-0.2, -0.15) is 0 Å². The Balaban J connectivity index is 1.81. The van der Waals surface area contributed by atoms with E-state index in [1.165, 1.54) is 17.2 Å². The molecule has 2 fully saturated rings. The minimum Gasteiger partial charge on any atom is -0.461 e. The van der Waals surface area contributed by atoms with Crippen molar-refractivity contribution in [3.05, 3.63) is 24.2 Å². The minimum atomic E-state index is -1.11. The molecular weight excluding hydrogens is 554 g/mol. The lowest BCUT2D eigenvalue weighted by atomic mass is 9.85. The van der Waals surface area contributed by atoms with Crippen LogP contribution in [0.2, 0.25) is 0 Å². The van der Waals surface area contributed by atoms with Gasteiger partial charge in [0.2, 0.25) is 23.4 Å². The highest BCUT2D eigenvalue weighted by Gasteiger charge is 2.46. The van der Waals surface area contributed by atoms with Crippen LogP contribution in [-0.4, -0.2) is 70.9 Å². The fourth-order valence-corrected chi connectivity index (χ4v) is 5.44. The number of nitrogens with two attached hydrogens (primary N) is 1. The molecule has 0 radical (unpaired) electrons. The van der Waals surface area contributed by atoms with E-state index < -0.39 is 64.9 Å². The number of furan rings is 1. The Bertz CT molecular complexity index is 1200. The van der Waals surface area contributed by atoms with E-state index in [4.69, 9.17) is 10.2 Å². The second kappa shape index (κ2) is 13.7. The van der Waals surface area contributed by atoms with E-state index >= 15 is 0 Å². The summed E-state index contributed by atoms with van der Waals surface area (Å²) >= 11 is 0. The molecule has 1 saturated heterocycles. The fourth-order valence-electron chi connectivity index (χ4n) is 5.44. The van der Waals surface area contributed by atoms with Crippen molar-refractivity contribution in [2.75, 3.05) is 6.54 Å². The molecule has 1 aromatic rings. The molecule has 0 spiro atoms. The molecule has 1 aliphatic carbocycles. The monoisotopic (exact) mass is 601 g/mol. The van der Waals surface area contributed by atoms with Gasteiger partial charge in [-0.05, 0) is 54.1 Å². The normalized spacial score (nSPS) is 20.8. The molecule has 1 aliphatic heterocycles. The Hall–Kier alpha value is -3.70. The highest BCUT2D eigenvalue weighted by atomic mass is 16.3. The predicted molar refractivity (Wildman–Crippen MR) is 158 cm³/mol. The van der Waals surface area contributed by atoms with Crippen LogP contribution in [-0.2, 0) is 19.2 Å². The number of carbonyl (C=O) groups excluding carboxylic acids is 6. The van der Waals surface area contributed by atoms with Crippen molar-refractivity contribution in [3.8, 4) is 0 Å². The summed E-state index contributed by atoms with van der Waals surface area (Å²) in [7, 11) is 0. The summed E-state index contributed by atoms with van der Waals surface area (Å²) in [6.07, 6.45) is 3.89. The lowest BCUT2D eigenvalue weighted by Gasteiger charge is -2.36. The first-order chi connectivity index (χ1) is 20.0. The molecule has 238 valence electrons. The summed E-state index contributed by atoms with van der Waals surface area (Å²) in [6, 6.07) is -1.49. The van der Waals surface area contributed by atoms with E-state index in [0.717, 1.165) is 12.8 Å². The third kappa shape index (κ3) is 8.67. The first-order valence-electron chi connectivity index (χ1n) is 15.1. The summed E-state index contributed by atoms with van der Waals surface area (Å²) in [4.78, 5) is 79.6. The van der Waals surface area contributed by atoms with Gasteiger partial charge in [-0.15, -0.1) is 0 Å². The van der Waals surface area contributed by atoms with Gasteiger partial charge in [-0.25, -0.2) is 4.79 Å². The first kappa shape index (κ1) is 33.8. The molecule has 12 nitrogen and oxygen atoms in total. The molecule has 1 unspecified atom stereocenters. The van der Waals surface area contributed by atoms with Crippen LogP contribution >= 0.6 is 0 Å². The molecule has 5 N–H and O–H groups in total. The average Bonchev–Trinajstić information content (AvgIpc) is 3.37. The smallest absolute Gasteiger partial charge is 0.316 e. The quantitative estimate of drug-likeness (QED) is 0.198. The van der Waals surface area contributed by atoms with Crippen molar-refractivity contribution < 1.29 is 33.2 Å². The van der Waals surface area contributed by atoms with E-state index in [0.29, 0.717) is 12.8 Å². The number of Topliss-reactive ketones (excluding diaryl/α,β-unsaturated/α-hetero) is 2. The molecule has 1 aromatic heterocycles. The number of nitrogens with zero attached hydrogens (tertiary/aromatic N) is 1. The molecule has 3 rings (SSSR count). The van der Waals surface area contributed by atoms with Gasteiger partial charge < -0.3 is 31.0 Å². The van der Waals surface area contributed by atoms with E-state index in [2.05, 4.69) is 16.0 Å². The van der Waals surface area contributed by atoms with E-state index in [-0.39, 0.29) is 36.0 Å². The van der Waals surface area contributed by atoms with Crippen molar-refractivity contribution in [1.29, 1.82) is 0 Å². The number of rotatable bonds is 13. The van der Waals surface area contributed by atoms with Crippen LogP contribution in [0.3, 0.4) is 0 Å². The standard InChI is InChI=1S/C31H47N5O7/c1-16(2)19-14-21(28(40)33-20(13-18-10-11-18)24(37)27(32)39)36(15-19)29(41)26(31(5,6)7)35-30(42)34-23(17(3)4)25(38)22-9-8-12-43-22/h8-9,12,16-21,23,26H,10-11,13-15H2,1-7H3,(H2,32,39)(H,33,40)(H2,34,35,42)/t19-,20?,21+,23+,26-/m1/s1. The Morgan fingerprint density at radius 1 is 1.02 bits per heavy atom. The van der Waals surface area contributed by atoms with Gasteiger partial charge in [0, 0.05) is 6.54 Å². The maximum absolute atomic E-state index is 14.1. The van der Waals surface area contributed by atoms with Crippen molar-refractivity contribution >= 4 is 35.3 Å². The zero-order chi connectivity index (χ0) is 32.2. The second-order valence-corrected chi connectivity index (χ2v) is 13.7. The Morgan fingerprint density at radius 3 is 2.16 bits per heavy atom. The van der Waals surface area contributed by atoms with Crippen molar-refractivity contribution in [2.45, 2.75) is 98.3 Å². The van der Waals surface area contributed by atoms with Crippen LogP contribution in [0, 0.1) is 29.1 Å². The largest absolute Gasteiger partial charge is 0.461 e. The van der Waals surface area contributed by atoms with Gasteiger partial charge in [0.25, 0.3) is 5.91 Å². The van der Waals surface area contributed by atoms with Crippen LogP contribution in [0.4, 0.5) is 4.79 Å². The molecule has 0 aromatic carbocycles. The molecular formula is C31H47N5O7. The SMILES string of the molecule is CC(C)[C@@H]1C[C@@H](C(=O)NC(CC2CC2)C(=O)C(N)=O)N(C(=O)[C@@H](NC(=O)N[C@H](C(=O)c2ccco2)C(C)C)C(C)(C)C)C1. The van der Waals surface area contributed by atoms with Crippen LogP contribution in [0.25, 0.3) is 0 Å². The average molecular weight is 602 g/mol. The first-order valence-corrected chi connectivity index (χ1v) is 15.1. The summed E-state index contributed by atoms with van der Waals surface area (Å²) < 4.78 is 5.23. The molecule has 43 heavy (non-hydrogen) atoms. The number of hydrogen-bond donors (Lipinski definition) is 4. The molecule has 0 bridgehead atoms. The van der Waals surface area contributed by atoms with Gasteiger partial charge in [0.15, 0.2) is 5.76 Å². The highest BCUT2D eigenvalue weighted by Crippen LogP contribution is 2.35. The van der Waals surface area contributed by atoms with E-state index in [9.17, 15) is 28.8 Å². The van der Waals surface area contributed by atoms with Gasteiger partial charge in [-0.3, -0.25) is 24.0 Å². The van der Waals surface area contributed by atoms with Crippen molar-refractivity contribution in [1.82, 2.24) is 20.9 Å². The van der Waals surface area contributed by atoms with Crippen molar-refractivity contribution in [2.24, 2.45) is 34.8 Å². The lowest BCUT2D eigenvalue weighted by Crippen LogP contribution is -2.61. The number of nitrogens with one attached hydrogen (secondary N) is 3. The third-order valence-corrected chi connectivity index (χ3v) is 8.39. The van der Waals surface area contributed by atoms with Crippen LogP contribution in [0.5, 0.6) is 0 Å². The van der Waals surface area contributed by atoms with Crippen LogP contribution < -0.4 is 21.7 Å². The number of amides is 5. The topological polar surface area (TPSA) is 181 Å². The van der Waals surface area contributed by atoms with Gasteiger partial charge in [0.1, 0.15) is 12.1 Å². The van der Waals surface area contributed by atoms with Gasteiger partial charge >= 0.3 is 6.03 Å². The molecule has 2 aliphatic rings. The maximum atomic E-state index is 14.1. The maximum Gasteiger partial charge on any atom is 0.316 e. The molecule has 1 saturated carbocycles. The number of carbonyl (C=O) groups is 6. The number of hydrogen-bond acceptors (Lipinski definition) is 7. The van der Waals surface area contributed by atoms with Crippen molar-refractivity contribution in [3.63, 3.8) is 0 Å². The number of primary amides is 1. The van der Waals surface area contributed by atoms with E-state index in [1.807, 2.05) is 13.8 Å². The predicted octanol–water partition coefficient (Wildman–Crippen LogP) is 2.41. The van der Waals surface area contributed by atoms with Crippen LogP contribution in [0.1, 0.15) is 84.7 Å². The number of ketones is 2. The van der Waals surface area contributed by atoms with Gasteiger partial charge in [0.05, 0.1) is 18.3 Å². The fraction of sp³-hybridized carbons (Fsp3) is 0.677.